The number of aromatic nitrogens is 2. The van der Waals surface area contributed by atoms with E-state index in [0.29, 0.717) is 17.7 Å². The van der Waals surface area contributed by atoms with Gasteiger partial charge in [-0.2, -0.15) is 5.10 Å². The molecule has 1 saturated heterocycles. The Morgan fingerprint density at radius 2 is 1.84 bits per heavy atom. The quantitative estimate of drug-likeness (QED) is 0.535. The Morgan fingerprint density at radius 3 is 2.50 bits per heavy atom. The van der Waals surface area contributed by atoms with Gasteiger partial charge in [-0.1, -0.05) is 38.5 Å². The van der Waals surface area contributed by atoms with Crippen molar-refractivity contribution in [2.45, 2.75) is 44.9 Å². The zero-order valence-electron chi connectivity index (χ0n) is 19.0. The van der Waals surface area contributed by atoms with E-state index in [-0.39, 0.29) is 10.8 Å². The number of H-pyrrole nitrogens is 1. The van der Waals surface area contributed by atoms with Gasteiger partial charge >= 0.3 is 0 Å². The second-order valence-electron chi connectivity index (χ2n) is 8.68. The second-order valence-corrected chi connectivity index (χ2v) is 10.5. The molecule has 0 atom stereocenters. The van der Waals surface area contributed by atoms with E-state index in [1.54, 1.807) is 12.1 Å². The summed E-state index contributed by atoms with van der Waals surface area (Å²) in [6, 6.07) is 13.0. The number of nitrogens with one attached hydrogen (secondary N) is 1. The van der Waals surface area contributed by atoms with E-state index < -0.39 is 10.0 Å². The minimum atomic E-state index is -3.73. The van der Waals surface area contributed by atoms with Crippen molar-refractivity contribution < 1.29 is 13.2 Å². The number of ether oxygens (including phenoxy) is 1. The van der Waals surface area contributed by atoms with E-state index in [1.165, 1.54) is 15.4 Å². The fraction of sp³-hybridized carbons (Fsp3) is 0.400. The first-order chi connectivity index (χ1) is 15.4. The molecular weight excluding hydrogens is 422 g/mol. The van der Waals surface area contributed by atoms with Gasteiger partial charge in [0.2, 0.25) is 0 Å². The molecule has 7 heteroatoms. The smallest absolute Gasteiger partial charge is 0.264 e. The Bertz CT molecular complexity index is 1200. The summed E-state index contributed by atoms with van der Waals surface area (Å²) in [5, 5.41) is 8.38. The SMILES string of the molecule is CCc1ccc(N(CC(C)C)S(=O)(=O)c2ccc3c(C=C4CCOCC4)[nH]nc3c2)cc1. The standard InChI is InChI=1S/C25H31N3O3S/c1-4-19-5-7-21(8-6-19)28(17-18(2)3)32(29,30)22-9-10-23-24(26-27-25(23)16-22)15-20-11-13-31-14-12-20/h5-10,15-16,18H,4,11-14,17H2,1-3H3,(H,26,27). The molecule has 0 bridgehead atoms. The Kier molecular flexibility index (Phi) is 6.67. The van der Waals surface area contributed by atoms with Crippen molar-refractivity contribution in [1.82, 2.24) is 10.2 Å². The Hall–Kier alpha value is -2.64. The van der Waals surface area contributed by atoms with Gasteiger partial charge < -0.3 is 4.74 Å². The Morgan fingerprint density at radius 1 is 1.12 bits per heavy atom. The summed E-state index contributed by atoms with van der Waals surface area (Å²) in [6.45, 7) is 8.02. The van der Waals surface area contributed by atoms with Crippen LogP contribution in [0.25, 0.3) is 17.0 Å². The van der Waals surface area contributed by atoms with Crippen molar-refractivity contribution in [2.24, 2.45) is 5.92 Å². The molecule has 1 aliphatic rings. The van der Waals surface area contributed by atoms with Gasteiger partial charge in [0.15, 0.2) is 0 Å². The fourth-order valence-electron chi connectivity index (χ4n) is 3.96. The lowest BCUT2D eigenvalue weighted by molar-refractivity contribution is 0.119. The zero-order valence-corrected chi connectivity index (χ0v) is 19.8. The van der Waals surface area contributed by atoms with Crippen molar-refractivity contribution in [1.29, 1.82) is 0 Å². The van der Waals surface area contributed by atoms with Crippen LogP contribution < -0.4 is 4.31 Å². The fourth-order valence-corrected chi connectivity index (χ4v) is 5.61. The van der Waals surface area contributed by atoms with Crippen LogP contribution in [0.1, 0.15) is 44.9 Å². The van der Waals surface area contributed by atoms with E-state index in [1.807, 2.05) is 44.2 Å². The Labute approximate surface area is 190 Å². The monoisotopic (exact) mass is 453 g/mol. The first-order valence-electron chi connectivity index (χ1n) is 11.3. The number of rotatable bonds is 7. The first kappa shape index (κ1) is 22.6. The van der Waals surface area contributed by atoms with Gasteiger partial charge in [0.25, 0.3) is 10.0 Å². The van der Waals surface area contributed by atoms with Gasteiger partial charge in [-0.15, -0.1) is 0 Å². The summed E-state index contributed by atoms with van der Waals surface area (Å²) in [7, 11) is -3.73. The number of hydrogen-bond acceptors (Lipinski definition) is 4. The summed E-state index contributed by atoms with van der Waals surface area (Å²) in [4.78, 5) is 0.252. The van der Waals surface area contributed by atoms with E-state index in [9.17, 15) is 8.42 Å². The van der Waals surface area contributed by atoms with Crippen LogP contribution in [-0.4, -0.2) is 38.4 Å². The highest BCUT2D eigenvalue weighted by Gasteiger charge is 2.26. The van der Waals surface area contributed by atoms with Crippen molar-refractivity contribution in [3.05, 3.63) is 59.3 Å². The van der Waals surface area contributed by atoms with Gasteiger partial charge in [0.05, 0.1) is 35.0 Å². The lowest BCUT2D eigenvalue weighted by atomic mass is 10.1. The van der Waals surface area contributed by atoms with Gasteiger partial charge in [-0.25, -0.2) is 8.42 Å². The molecule has 0 unspecified atom stereocenters. The van der Waals surface area contributed by atoms with Crippen LogP contribution in [0.5, 0.6) is 0 Å². The zero-order chi connectivity index (χ0) is 22.7. The van der Waals surface area contributed by atoms with Crippen LogP contribution in [-0.2, 0) is 21.2 Å². The van der Waals surface area contributed by atoms with Crippen LogP contribution in [0.15, 0.2) is 52.9 Å². The number of sulfonamides is 1. The summed E-state index contributed by atoms with van der Waals surface area (Å²) in [5.74, 6) is 0.183. The summed E-state index contributed by atoms with van der Waals surface area (Å²) >= 11 is 0. The number of hydrogen-bond donors (Lipinski definition) is 1. The minimum absolute atomic E-state index is 0.183. The number of anilines is 1. The van der Waals surface area contributed by atoms with Gasteiger partial charge in [-0.3, -0.25) is 9.40 Å². The number of nitrogens with zero attached hydrogens (tertiary/aromatic N) is 2. The van der Waals surface area contributed by atoms with Crippen molar-refractivity contribution in [2.75, 3.05) is 24.1 Å². The van der Waals surface area contributed by atoms with Crippen LogP contribution >= 0.6 is 0 Å². The third kappa shape index (κ3) is 4.74. The van der Waals surface area contributed by atoms with Crippen molar-refractivity contribution in [3.63, 3.8) is 0 Å². The molecule has 0 amide bonds. The molecule has 32 heavy (non-hydrogen) atoms. The van der Waals surface area contributed by atoms with Crippen LogP contribution in [0, 0.1) is 5.92 Å². The molecule has 3 aromatic rings. The number of aryl methyl sites for hydroxylation is 1. The third-order valence-corrected chi connectivity index (χ3v) is 7.58. The van der Waals surface area contributed by atoms with Crippen LogP contribution in [0.3, 0.4) is 0 Å². The average Bonchev–Trinajstić information content (AvgIpc) is 3.20. The van der Waals surface area contributed by atoms with Gasteiger partial charge in [0, 0.05) is 11.9 Å². The molecule has 170 valence electrons. The van der Waals surface area contributed by atoms with Gasteiger partial charge in [0.1, 0.15) is 0 Å². The number of benzene rings is 2. The van der Waals surface area contributed by atoms with E-state index in [2.05, 4.69) is 23.2 Å². The van der Waals surface area contributed by atoms with Crippen molar-refractivity contribution >= 4 is 32.7 Å². The molecule has 1 aliphatic heterocycles. The lowest BCUT2D eigenvalue weighted by Crippen LogP contribution is -2.34. The number of fused-ring (bicyclic) bond motifs is 1. The molecule has 1 N–H and O–H groups in total. The maximum Gasteiger partial charge on any atom is 0.264 e. The molecule has 1 fully saturated rings. The summed E-state index contributed by atoms with van der Waals surface area (Å²) < 4.78 is 34.2. The molecule has 6 nitrogen and oxygen atoms in total. The van der Waals surface area contributed by atoms with Crippen molar-refractivity contribution in [3.8, 4) is 0 Å². The van der Waals surface area contributed by atoms with Gasteiger partial charge in [-0.05, 0) is 67.2 Å². The molecule has 2 aromatic carbocycles. The third-order valence-electron chi connectivity index (χ3n) is 5.79. The normalized spacial score (nSPS) is 14.8. The van der Waals surface area contributed by atoms with E-state index in [0.717, 1.165) is 43.6 Å². The minimum Gasteiger partial charge on any atom is -0.381 e. The van der Waals surface area contributed by atoms with Crippen LogP contribution in [0.2, 0.25) is 0 Å². The molecule has 0 spiro atoms. The predicted molar refractivity (Wildman–Crippen MR) is 129 cm³/mol. The highest BCUT2D eigenvalue weighted by atomic mass is 32.2. The summed E-state index contributed by atoms with van der Waals surface area (Å²) in [5.41, 5.74) is 4.74. The second kappa shape index (κ2) is 9.46. The number of aromatic amines is 1. The molecule has 4 rings (SSSR count). The lowest BCUT2D eigenvalue weighted by Gasteiger charge is -2.26. The topological polar surface area (TPSA) is 75.3 Å². The molecular formula is C25H31N3O3S. The predicted octanol–water partition coefficient (Wildman–Crippen LogP) is 5.17. The Balaban J connectivity index is 1.69. The molecule has 1 aromatic heterocycles. The van der Waals surface area contributed by atoms with E-state index in [4.69, 9.17) is 4.74 Å². The highest BCUT2D eigenvalue weighted by molar-refractivity contribution is 7.92. The summed E-state index contributed by atoms with van der Waals surface area (Å²) in [6.07, 6.45) is 4.85. The van der Waals surface area contributed by atoms with E-state index >= 15 is 0 Å². The maximum atomic E-state index is 13.7. The average molecular weight is 454 g/mol. The highest BCUT2D eigenvalue weighted by Crippen LogP contribution is 2.29. The van der Waals surface area contributed by atoms with Crippen LogP contribution in [0.4, 0.5) is 5.69 Å². The first-order valence-corrected chi connectivity index (χ1v) is 12.7. The maximum absolute atomic E-state index is 13.7. The molecule has 0 radical (unpaired) electrons. The molecule has 0 aliphatic carbocycles. The largest absolute Gasteiger partial charge is 0.381 e. The molecule has 2 heterocycles. The molecule has 0 saturated carbocycles.